The van der Waals surface area contributed by atoms with E-state index in [-0.39, 0.29) is 17.8 Å². The Labute approximate surface area is 102 Å². The fraction of sp³-hybridized carbons (Fsp3) is 0.667. The molecule has 5 heteroatoms. The lowest BCUT2D eigenvalue weighted by Crippen LogP contribution is -2.41. The van der Waals surface area contributed by atoms with Gasteiger partial charge in [-0.2, -0.15) is 0 Å². The molecule has 0 aromatic heterocycles. The van der Waals surface area contributed by atoms with Crippen molar-refractivity contribution in [3.63, 3.8) is 0 Å². The first-order valence-electron chi connectivity index (χ1n) is 5.98. The minimum absolute atomic E-state index is 0.0558. The van der Waals surface area contributed by atoms with E-state index >= 15 is 0 Å². The number of nitrogens with two attached hydrogens (primary N) is 1. The zero-order valence-corrected chi connectivity index (χ0v) is 10.2. The molecule has 0 aromatic rings. The van der Waals surface area contributed by atoms with Crippen molar-refractivity contribution in [2.75, 3.05) is 26.2 Å². The lowest BCUT2D eigenvalue weighted by molar-refractivity contribution is -0.137. The largest absolute Gasteiger partial charge is 0.463 e. The van der Waals surface area contributed by atoms with Crippen molar-refractivity contribution < 1.29 is 14.3 Å². The second kappa shape index (κ2) is 7.06. The van der Waals surface area contributed by atoms with Crippen LogP contribution < -0.4 is 5.73 Å². The van der Waals surface area contributed by atoms with Gasteiger partial charge >= 0.3 is 5.97 Å². The van der Waals surface area contributed by atoms with Crippen LogP contribution in [0.3, 0.4) is 0 Å². The zero-order chi connectivity index (χ0) is 12.7. The smallest absolute Gasteiger partial charge is 0.330 e. The van der Waals surface area contributed by atoms with Gasteiger partial charge in [-0.05, 0) is 26.3 Å². The third-order valence-corrected chi connectivity index (χ3v) is 2.81. The highest BCUT2D eigenvalue weighted by atomic mass is 16.5. The predicted octanol–water partition coefficient (Wildman–Crippen LogP) is 0.303. The van der Waals surface area contributed by atoms with E-state index in [0.717, 1.165) is 19.4 Å². The lowest BCUT2D eigenvalue weighted by atomic mass is 9.97. The minimum Gasteiger partial charge on any atom is -0.463 e. The number of ether oxygens (including phenoxy) is 1. The molecule has 2 N–H and O–H groups in total. The van der Waals surface area contributed by atoms with Crippen LogP contribution in [0.25, 0.3) is 0 Å². The first-order valence-corrected chi connectivity index (χ1v) is 5.98. The Hall–Kier alpha value is -1.36. The zero-order valence-electron chi connectivity index (χ0n) is 10.2. The Morgan fingerprint density at radius 2 is 2.29 bits per heavy atom. The summed E-state index contributed by atoms with van der Waals surface area (Å²) in [4.78, 5) is 24.2. The van der Waals surface area contributed by atoms with Crippen LogP contribution in [-0.4, -0.2) is 43.0 Å². The monoisotopic (exact) mass is 240 g/mol. The van der Waals surface area contributed by atoms with Crippen molar-refractivity contribution in [2.45, 2.75) is 19.8 Å². The van der Waals surface area contributed by atoms with Crippen LogP contribution in [0.1, 0.15) is 19.8 Å². The molecule has 1 aliphatic rings. The number of amides is 1. The van der Waals surface area contributed by atoms with E-state index in [1.807, 2.05) is 0 Å². The van der Waals surface area contributed by atoms with Crippen LogP contribution in [0.2, 0.25) is 0 Å². The Morgan fingerprint density at radius 3 is 2.94 bits per heavy atom. The SMILES string of the molecule is CCOC(=O)/C=C/CN1CCCC(C(N)=O)C1. The average Bonchev–Trinajstić information content (AvgIpc) is 2.30. The molecule has 96 valence electrons. The van der Waals surface area contributed by atoms with Gasteiger partial charge in [0.05, 0.1) is 12.5 Å². The van der Waals surface area contributed by atoms with E-state index in [1.165, 1.54) is 6.08 Å². The van der Waals surface area contributed by atoms with Crippen LogP contribution in [0, 0.1) is 5.92 Å². The van der Waals surface area contributed by atoms with Crippen LogP contribution in [0.15, 0.2) is 12.2 Å². The number of hydrogen-bond donors (Lipinski definition) is 1. The second-order valence-corrected chi connectivity index (χ2v) is 4.16. The van der Waals surface area contributed by atoms with Crippen molar-refractivity contribution in [2.24, 2.45) is 11.7 Å². The molecule has 17 heavy (non-hydrogen) atoms. The molecule has 1 aliphatic heterocycles. The molecule has 1 saturated heterocycles. The van der Waals surface area contributed by atoms with Gasteiger partial charge in [0.1, 0.15) is 0 Å². The minimum atomic E-state index is -0.323. The summed E-state index contributed by atoms with van der Waals surface area (Å²) < 4.78 is 4.77. The Kier molecular flexibility index (Phi) is 5.69. The molecular weight excluding hydrogens is 220 g/mol. The van der Waals surface area contributed by atoms with Crippen molar-refractivity contribution in [3.05, 3.63) is 12.2 Å². The van der Waals surface area contributed by atoms with Crippen LogP contribution in [0.4, 0.5) is 0 Å². The van der Waals surface area contributed by atoms with Gasteiger partial charge in [-0.3, -0.25) is 9.69 Å². The molecule has 0 aromatic carbocycles. The number of esters is 1. The molecule has 1 fully saturated rings. The maximum Gasteiger partial charge on any atom is 0.330 e. The quantitative estimate of drug-likeness (QED) is 0.554. The molecule has 0 radical (unpaired) electrons. The molecule has 0 bridgehead atoms. The van der Waals surface area contributed by atoms with E-state index in [9.17, 15) is 9.59 Å². The van der Waals surface area contributed by atoms with E-state index in [1.54, 1.807) is 13.0 Å². The average molecular weight is 240 g/mol. The van der Waals surface area contributed by atoms with Gasteiger partial charge in [-0.15, -0.1) is 0 Å². The third kappa shape index (κ3) is 4.99. The van der Waals surface area contributed by atoms with E-state index in [0.29, 0.717) is 19.7 Å². The molecule has 0 spiro atoms. The number of primary amides is 1. The standard InChI is InChI=1S/C12H20N2O3/c1-2-17-11(15)6-4-8-14-7-3-5-10(9-14)12(13)16/h4,6,10H,2-3,5,7-9H2,1H3,(H2,13,16)/b6-4+. The molecule has 1 heterocycles. The number of carbonyl (C=O) groups excluding carboxylic acids is 2. The van der Waals surface area contributed by atoms with Gasteiger partial charge < -0.3 is 10.5 Å². The first-order chi connectivity index (χ1) is 8.13. The summed E-state index contributed by atoms with van der Waals surface area (Å²) >= 11 is 0. The van der Waals surface area contributed by atoms with Gasteiger partial charge in [0.2, 0.25) is 5.91 Å². The normalized spacial score (nSPS) is 21.6. The molecule has 1 atom stereocenters. The van der Waals surface area contributed by atoms with Crippen molar-refractivity contribution in [1.82, 2.24) is 4.90 Å². The molecular formula is C12H20N2O3. The maximum absolute atomic E-state index is 11.1. The van der Waals surface area contributed by atoms with Crippen molar-refractivity contribution in [3.8, 4) is 0 Å². The molecule has 5 nitrogen and oxygen atoms in total. The highest BCUT2D eigenvalue weighted by Crippen LogP contribution is 2.15. The van der Waals surface area contributed by atoms with Crippen molar-refractivity contribution in [1.29, 1.82) is 0 Å². The van der Waals surface area contributed by atoms with E-state index in [2.05, 4.69) is 4.90 Å². The maximum atomic E-state index is 11.1. The highest BCUT2D eigenvalue weighted by Gasteiger charge is 2.22. The van der Waals surface area contributed by atoms with Crippen LogP contribution >= 0.6 is 0 Å². The van der Waals surface area contributed by atoms with Gasteiger partial charge in [-0.1, -0.05) is 6.08 Å². The lowest BCUT2D eigenvalue weighted by Gasteiger charge is -2.30. The number of piperidine rings is 1. The molecule has 1 rings (SSSR count). The summed E-state index contributed by atoms with van der Waals surface area (Å²) in [5, 5.41) is 0. The topological polar surface area (TPSA) is 72.6 Å². The van der Waals surface area contributed by atoms with Crippen molar-refractivity contribution >= 4 is 11.9 Å². The van der Waals surface area contributed by atoms with E-state index in [4.69, 9.17) is 10.5 Å². The number of carbonyl (C=O) groups is 2. The summed E-state index contributed by atoms with van der Waals surface area (Å²) in [7, 11) is 0. The summed E-state index contributed by atoms with van der Waals surface area (Å²) in [6, 6.07) is 0. The Bertz CT molecular complexity index is 302. The van der Waals surface area contributed by atoms with Gasteiger partial charge in [0, 0.05) is 19.2 Å². The predicted molar refractivity (Wildman–Crippen MR) is 64.1 cm³/mol. The van der Waals surface area contributed by atoms with Gasteiger partial charge in [-0.25, -0.2) is 4.79 Å². The van der Waals surface area contributed by atoms with Gasteiger partial charge in [0.25, 0.3) is 0 Å². The number of rotatable bonds is 5. The number of hydrogen-bond acceptors (Lipinski definition) is 4. The highest BCUT2D eigenvalue weighted by molar-refractivity contribution is 5.81. The van der Waals surface area contributed by atoms with Crippen LogP contribution in [0.5, 0.6) is 0 Å². The fourth-order valence-corrected chi connectivity index (χ4v) is 1.94. The number of nitrogens with zero attached hydrogens (tertiary/aromatic N) is 1. The molecule has 0 saturated carbocycles. The second-order valence-electron chi connectivity index (χ2n) is 4.16. The Balaban J connectivity index is 2.31. The summed E-state index contributed by atoms with van der Waals surface area (Å²) in [6.45, 7) is 4.44. The van der Waals surface area contributed by atoms with Crippen LogP contribution in [-0.2, 0) is 14.3 Å². The Morgan fingerprint density at radius 1 is 1.53 bits per heavy atom. The van der Waals surface area contributed by atoms with Gasteiger partial charge in [0.15, 0.2) is 0 Å². The first kappa shape index (κ1) is 13.7. The molecule has 0 aliphatic carbocycles. The molecule has 1 unspecified atom stereocenters. The summed E-state index contributed by atoms with van der Waals surface area (Å²) in [6.07, 6.45) is 5.03. The third-order valence-electron chi connectivity index (χ3n) is 2.81. The molecule has 1 amide bonds. The van der Waals surface area contributed by atoms with E-state index < -0.39 is 0 Å². The summed E-state index contributed by atoms with van der Waals surface area (Å²) in [5.74, 6) is -0.611. The summed E-state index contributed by atoms with van der Waals surface area (Å²) in [5.41, 5.74) is 5.29. The number of likely N-dealkylation sites (tertiary alicyclic amines) is 1. The fourth-order valence-electron chi connectivity index (χ4n) is 1.94.